The van der Waals surface area contributed by atoms with Gasteiger partial charge in [0, 0.05) is 16.7 Å². The summed E-state index contributed by atoms with van der Waals surface area (Å²) in [5, 5.41) is 4.54. The van der Waals surface area contributed by atoms with Crippen LogP contribution in [0.5, 0.6) is 17.2 Å². The lowest BCUT2D eigenvalue weighted by Gasteiger charge is -2.10. The summed E-state index contributed by atoms with van der Waals surface area (Å²) < 4.78 is 16.7. The van der Waals surface area contributed by atoms with Gasteiger partial charge in [-0.2, -0.15) is 5.10 Å². The zero-order valence-corrected chi connectivity index (χ0v) is 16.8. The molecule has 0 aromatic heterocycles. The Kier molecular flexibility index (Phi) is 7.29. The number of aryl methyl sites for hydroxylation is 1. The summed E-state index contributed by atoms with van der Waals surface area (Å²) in [7, 11) is 3.11. The van der Waals surface area contributed by atoms with Gasteiger partial charge in [-0.25, -0.2) is 5.43 Å². The second kappa shape index (κ2) is 9.45. The predicted molar refractivity (Wildman–Crippen MR) is 105 cm³/mol. The van der Waals surface area contributed by atoms with Crippen LogP contribution in [0.2, 0.25) is 5.02 Å². The number of ether oxygens (including phenoxy) is 3. The van der Waals surface area contributed by atoms with Gasteiger partial charge in [-0.15, -0.1) is 0 Å². The first-order valence-electron chi connectivity index (χ1n) is 7.57. The number of halogens is 2. The minimum atomic E-state index is -0.387. The summed E-state index contributed by atoms with van der Waals surface area (Å²) in [6.07, 6.45) is 1.48. The average molecular weight is 442 g/mol. The molecule has 2 aromatic carbocycles. The lowest BCUT2D eigenvalue weighted by Crippen LogP contribution is -2.24. The highest BCUT2D eigenvalue weighted by Gasteiger charge is 2.09. The first-order valence-corrected chi connectivity index (χ1v) is 8.74. The van der Waals surface area contributed by atoms with Crippen LogP contribution in [0.3, 0.4) is 0 Å². The van der Waals surface area contributed by atoms with Crippen molar-refractivity contribution in [3.8, 4) is 17.2 Å². The fourth-order valence-corrected chi connectivity index (χ4v) is 2.86. The Labute approximate surface area is 165 Å². The van der Waals surface area contributed by atoms with Gasteiger partial charge in [0.15, 0.2) is 6.61 Å². The second-order valence-electron chi connectivity index (χ2n) is 5.22. The summed E-state index contributed by atoms with van der Waals surface area (Å²) in [4.78, 5) is 11.9. The third kappa shape index (κ3) is 5.37. The number of carbonyl (C=O) groups is 1. The van der Waals surface area contributed by atoms with E-state index in [0.717, 1.165) is 10.0 Å². The molecule has 26 heavy (non-hydrogen) atoms. The van der Waals surface area contributed by atoms with Crippen LogP contribution in [0.1, 0.15) is 11.1 Å². The highest BCUT2D eigenvalue weighted by Crippen LogP contribution is 2.31. The maximum atomic E-state index is 11.9. The van der Waals surface area contributed by atoms with E-state index in [0.29, 0.717) is 27.8 Å². The van der Waals surface area contributed by atoms with Crippen molar-refractivity contribution in [2.45, 2.75) is 6.92 Å². The number of nitrogens with one attached hydrogen (secondary N) is 1. The number of amides is 1. The molecule has 0 atom stereocenters. The van der Waals surface area contributed by atoms with E-state index in [1.165, 1.54) is 6.21 Å². The molecule has 1 amide bonds. The van der Waals surface area contributed by atoms with E-state index in [2.05, 4.69) is 26.5 Å². The molecule has 1 N–H and O–H groups in total. The van der Waals surface area contributed by atoms with Crippen molar-refractivity contribution in [3.63, 3.8) is 0 Å². The fourth-order valence-electron chi connectivity index (χ4n) is 2.11. The molecule has 0 unspecified atom stereocenters. The number of benzene rings is 2. The Morgan fingerprint density at radius 2 is 1.92 bits per heavy atom. The number of rotatable bonds is 7. The van der Waals surface area contributed by atoms with E-state index in [1.807, 2.05) is 6.92 Å². The number of nitrogens with zero attached hydrogens (tertiary/aromatic N) is 1. The minimum Gasteiger partial charge on any atom is -0.496 e. The van der Waals surface area contributed by atoms with Gasteiger partial charge in [0.1, 0.15) is 17.2 Å². The SMILES string of the molecule is COc1cc(OC)c(C=NNC(=O)COc2ccc(Cl)cc2C)cc1Br. The molecule has 0 radical (unpaired) electrons. The molecule has 6 nitrogen and oxygen atoms in total. The van der Waals surface area contributed by atoms with E-state index in [9.17, 15) is 4.79 Å². The van der Waals surface area contributed by atoms with Crippen LogP contribution in [0, 0.1) is 6.92 Å². The number of hydrogen-bond acceptors (Lipinski definition) is 5. The van der Waals surface area contributed by atoms with Crippen LogP contribution in [0.15, 0.2) is 39.9 Å². The Hall–Kier alpha value is -2.25. The first-order chi connectivity index (χ1) is 12.4. The topological polar surface area (TPSA) is 69.2 Å². The van der Waals surface area contributed by atoms with Gasteiger partial charge in [0.25, 0.3) is 5.91 Å². The molecule has 0 aliphatic rings. The fraction of sp³-hybridized carbons (Fsp3) is 0.222. The van der Waals surface area contributed by atoms with Crippen molar-refractivity contribution < 1.29 is 19.0 Å². The molecular weight excluding hydrogens is 424 g/mol. The van der Waals surface area contributed by atoms with E-state index < -0.39 is 0 Å². The summed E-state index contributed by atoms with van der Waals surface area (Å²) in [5.74, 6) is 1.40. The van der Waals surface area contributed by atoms with Crippen molar-refractivity contribution in [3.05, 3.63) is 51.0 Å². The highest BCUT2D eigenvalue weighted by molar-refractivity contribution is 9.10. The molecule has 0 heterocycles. The normalized spacial score (nSPS) is 10.7. The zero-order chi connectivity index (χ0) is 19.1. The van der Waals surface area contributed by atoms with Crippen LogP contribution in [-0.2, 0) is 4.79 Å². The number of methoxy groups -OCH3 is 2. The minimum absolute atomic E-state index is 0.163. The third-order valence-electron chi connectivity index (χ3n) is 3.39. The summed E-state index contributed by atoms with van der Waals surface area (Å²) in [6, 6.07) is 8.68. The van der Waals surface area contributed by atoms with E-state index in [4.69, 9.17) is 25.8 Å². The zero-order valence-electron chi connectivity index (χ0n) is 14.5. The van der Waals surface area contributed by atoms with Crippen molar-refractivity contribution >= 4 is 39.7 Å². The van der Waals surface area contributed by atoms with Gasteiger partial charge < -0.3 is 14.2 Å². The van der Waals surface area contributed by atoms with Crippen molar-refractivity contribution in [1.29, 1.82) is 0 Å². The van der Waals surface area contributed by atoms with Gasteiger partial charge in [-0.3, -0.25) is 4.79 Å². The monoisotopic (exact) mass is 440 g/mol. The third-order valence-corrected chi connectivity index (χ3v) is 4.25. The average Bonchev–Trinajstić information content (AvgIpc) is 2.61. The lowest BCUT2D eigenvalue weighted by molar-refractivity contribution is -0.123. The number of hydrazone groups is 1. The molecule has 2 aromatic rings. The van der Waals surface area contributed by atoms with Crippen LogP contribution in [0.25, 0.3) is 0 Å². The summed E-state index contributed by atoms with van der Waals surface area (Å²) >= 11 is 9.28. The van der Waals surface area contributed by atoms with Gasteiger partial charge in [-0.05, 0) is 52.7 Å². The van der Waals surface area contributed by atoms with Crippen LogP contribution in [0.4, 0.5) is 0 Å². The first kappa shape index (κ1) is 20.1. The summed E-state index contributed by atoms with van der Waals surface area (Å²) in [5.41, 5.74) is 3.93. The van der Waals surface area contributed by atoms with Crippen molar-refractivity contribution in [2.24, 2.45) is 5.10 Å². The highest BCUT2D eigenvalue weighted by atomic mass is 79.9. The molecule has 0 aliphatic carbocycles. The van der Waals surface area contributed by atoms with Gasteiger partial charge in [0.2, 0.25) is 0 Å². The lowest BCUT2D eigenvalue weighted by atomic mass is 10.2. The van der Waals surface area contributed by atoms with E-state index in [-0.39, 0.29) is 12.5 Å². The van der Waals surface area contributed by atoms with Gasteiger partial charge in [0.05, 0.1) is 24.9 Å². The second-order valence-corrected chi connectivity index (χ2v) is 6.51. The molecule has 0 bridgehead atoms. The molecule has 138 valence electrons. The number of hydrogen-bond donors (Lipinski definition) is 1. The van der Waals surface area contributed by atoms with Crippen molar-refractivity contribution in [2.75, 3.05) is 20.8 Å². The Bertz CT molecular complexity index is 827. The molecule has 0 saturated carbocycles. The number of carbonyl (C=O) groups excluding carboxylic acids is 1. The quantitative estimate of drug-likeness (QED) is 0.522. The maximum absolute atomic E-state index is 11.9. The van der Waals surface area contributed by atoms with Gasteiger partial charge >= 0.3 is 0 Å². The Balaban J connectivity index is 1.95. The van der Waals surface area contributed by atoms with E-state index in [1.54, 1.807) is 44.6 Å². The molecule has 0 spiro atoms. The molecule has 2 rings (SSSR count). The van der Waals surface area contributed by atoms with Crippen LogP contribution < -0.4 is 19.6 Å². The largest absolute Gasteiger partial charge is 0.496 e. The smallest absolute Gasteiger partial charge is 0.277 e. The standard InChI is InChI=1S/C18H18BrClN2O4/c1-11-6-13(20)4-5-15(11)26-10-18(23)22-21-9-12-7-14(19)17(25-3)8-16(12)24-2/h4-9H,10H2,1-3H3,(H,22,23). The molecule has 0 fully saturated rings. The van der Waals surface area contributed by atoms with Crippen LogP contribution in [-0.4, -0.2) is 32.9 Å². The Morgan fingerprint density at radius 1 is 1.19 bits per heavy atom. The maximum Gasteiger partial charge on any atom is 0.277 e. The molecule has 8 heteroatoms. The molecule has 0 saturated heterocycles. The molecule has 0 aliphatic heterocycles. The predicted octanol–water partition coefficient (Wildman–Crippen LogP) is 3.96. The molecular formula is C18H18BrClN2O4. The summed E-state index contributed by atoms with van der Waals surface area (Å²) in [6.45, 7) is 1.69. The Morgan fingerprint density at radius 3 is 2.58 bits per heavy atom. The van der Waals surface area contributed by atoms with E-state index >= 15 is 0 Å². The van der Waals surface area contributed by atoms with Crippen molar-refractivity contribution in [1.82, 2.24) is 5.43 Å². The van der Waals surface area contributed by atoms with Crippen LogP contribution >= 0.6 is 27.5 Å². The van der Waals surface area contributed by atoms with Gasteiger partial charge in [-0.1, -0.05) is 11.6 Å².